The summed E-state index contributed by atoms with van der Waals surface area (Å²) in [4.78, 5) is 19.3. The van der Waals surface area contributed by atoms with E-state index >= 15 is 0 Å². The zero-order valence-electron chi connectivity index (χ0n) is 10.1. The topological polar surface area (TPSA) is 59.2 Å². The van der Waals surface area contributed by atoms with Gasteiger partial charge in [-0.05, 0) is 18.4 Å². The molecule has 2 aromatic heterocycles. The molecule has 4 nitrogen and oxygen atoms in total. The summed E-state index contributed by atoms with van der Waals surface area (Å²) in [5.74, 6) is 0.0937. The molecule has 0 bridgehead atoms. The van der Waals surface area contributed by atoms with Crippen LogP contribution in [-0.2, 0) is 17.8 Å². The molecular formula is C12H15N3OS2. The smallest absolute Gasteiger partial charge is 0.228 e. The molecule has 2 N–H and O–H groups in total. The van der Waals surface area contributed by atoms with Gasteiger partial charge >= 0.3 is 0 Å². The number of aromatic nitrogens is 1. The lowest BCUT2D eigenvalue weighted by molar-refractivity contribution is -0.130. The molecule has 0 saturated carbocycles. The van der Waals surface area contributed by atoms with Gasteiger partial charge in [-0.15, -0.1) is 22.7 Å². The Morgan fingerprint density at radius 2 is 2.33 bits per heavy atom. The fourth-order valence-corrected chi connectivity index (χ4v) is 2.92. The molecule has 6 heteroatoms. The minimum absolute atomic E-state index is 0.0937. The first-order valence-corrected chi connectivity index (χ1v) is 7.45. The fourth-order valence-electron chi connectivity index (χ4n) is 1.64. The summed E-state index contributed by atoms with van der Waals surface area (Å²) in [5, 5.41) is 4.38. The monoisotopic (exact) mass is 281 g/mol. The normalized spacial score (nSPS) is 10.5. The molecule has 0 aliphatic carbocycles. The van der Waals surface area contributed by atoms with E-state index in [2.05, 4.69) is 4.98 Å². The number of hydrogen-bond acceptors (Lipinski definition) is 5. The van der Waals surface area contributed by atoms with Gasteiger partial charge in [0.2, 0.25) is 5.91 Å². The van der Waals surface area contributed by atoms with Gasteiger partial charge in [-0.3, -0.25) is 4.79 Å². The largest absolute Gasteiger partial charge is 0.375 e. The molecule has 0 spiro atoms. The van der Waals surface area contributed by atoms with Gasteiger partial charge in [0.25, 0.3) is 0 Å². The number of nitrogens with two attached hydrogens (primary N) is 1. The summed E-state index contributed by atoms with van der Waals surface area (Å²) in [6, 6.07) is 4.04. The lowest BCUT2D eigenvalue weighted by atomic mass is 10.3. The second-order valence-electron chi connectivity index (χ2n) is 3.84. The van der Waals surface area contributed by atoms with Crippen LogP contribution in [0.2, 0.25) is 0 Å². The highest BCUT2D eigenvalue weighted by Crippen LogP contribution is 2.15. The van der Waals surface area contributed by atoms with Crippen LogP contribution in [0.4, 0.5) is 5.13 Å². The van der Waals surface area contributed by atoms with Gasteiger partial charge in [0.1, 0.15) is 0 Å². The van der Waals surface area contributed by atoms with Crippen molar-refractivity contribution in [3.63, 3.8) is 0 Å². The van der Waals surface area contributed by atoms with Crippen LogP contribution >= 0.6 is 22.7 Å². The second kappa shape index (κ2) is 5.97. The van der Waals surface area contributed by atoms with Crippen LogP contribution < -0.4 is 5.73 Å². The van der Waals surface area contributed by atoms with Crippen LogP contribution in [0.3, 0.4) is 0 Å². The van der Waals surface area contributed by atoms with Gasteiger partial charge in [-0.1, -0.05) is 6.07 Å². The van der Waals surface area contributed by atoms with Crippen LogP contribution in [0.5, 0.6) is 0 Å². The van der Waals surface area contributed by atoms with E-state index in [9.17, 15) is 4.79 Å². The molecule has 18 heavy (non-hydrogen) atoms. The maximum Gasteiger partial charge on any atom is 0.228 e. The molecule has 0 unspecified atom stereocenters. The highest BCUT2D eigenvalue weighted by atomic mass is 32.1. The van der Waals surface area contributed by atoms with E-state index < -0.39 is 0 Å². The molecule has 0 radical (unpaired) electrons. The van der Waals surface area contributed by atoms with E-state index in [4.69, 9.17) is 5.73 Å². The Labute approximate surface area is 114 Å². The summed E-state index contributed by atoms with van der Waals surface area (Å²) in [6.45, 7) is 3.36. The van der Waals surface area contributed by atoms with Crippen molar-refractivity contribution < 1.29 is 4.79 Å². The van der Waals surface area contributed by atoms with Gasteiger partial charge in [-0.25, -0.2) is 4.98 Å². The molecule has 0 aromatic carbocycles. The average Bonchev–Trinajstić information content (AvgIpc) is 2.97. The molecular weight excluding hydrogens is 266 g/mol. The minimum atomic E-state index is 0.0937. The van der Waals surface area contributed by atoms with Gasteiger partial charge in [0.15, 0.2) is 5.13 Å². The van der Waals surface area contributed by atoms with Crippen molar-refractivity contribution in [2.24, 2.45) is 0 Å². The van der Waals surface area contributed by atoms with Gasteiger partial charge in [-0.2, -0.15) is 0 Å². The molecule has 0 atom stereocenters. The number of nitrogen functional groups attached to an aromatic ring is 1. The molecule has 0 aliphatic heterocycles. The molecule has 0 aliphatic rings. The number of likely N-dealkylation sites (N-methyl/N-ethyl adjacent to an activating group) is 1. The third-order valence-electron chi connectivity index (χ3n) is 2.56. The molecule has 2 aromatic rings. The Bertz CT molecular complexity index is 507. The third-order valence-corrected chi connectivity index (χ3v) is 4.15. The number of amides is 1. The number of thiazole rings is 1. The van der Waals surface area contributed by atoms with Crippen molar-refractivity contribution in [2.45, 2.75) is 19.9 Å². The minimum Gasteiger partial charge on any atom is -0.375 e. The molecule has 0 saturated heterocycles. The second-order valence-corrected chi connectivity index (χ2v) is 5.76. The Balaban J connectivity index is 1.97. The van der Waals surface area contributed by atoms with Crippen molar-refractivity contribution in [2.75, 3.05) is 12.3 Å². The van der Waals surface area contributed by atoms with Crippen LogP contribution in [0.25, 0.3) is 0 Å². The first kappa shape index (κ1) is 13.0. The SMILES string of the molecule is CCN(Cc1cccs1)C(=O)Cc1csc(N)n1. The fraction of sp³-hybridized carbons (Fsp3) is 0.333. The highest BCUT2D eigenvalue weighted by molar-refractivity contribution is 7.13. The zero-order chi connectivity index (χ0) is 13.0. The van der Waals surface area contributed by atoms with E-state index in [1.54, 1.807) is 11.3 Å². The number of rotatable bonds is 5. The molecule has 0 fully saturated rings. The van der Waals surface area contributed by atoms with Crippen LogP contribution in [0.1, 0.15) is 17.5 Å². The molecule has 2 rings (SSSR count). The number of anilines is 1. The number of hydrogen-bond donors (Lipinski definition) is 1. The van der Waals surface area contributed by atoms with Crippen molar-refractivity contribution in [1.82, 2.24) is 9.88 Å². The van der Waals surface area contributed by atoms with Crippen molar-refractivity contribution in [1.29, 1.82) is 0 Å². The van der Waals surface area contributed by atoms with Gasteiger partial charge in [0.05, 0.1) is 18.7 Å². The molecule has 1 amide bonds. The summed E-state index contributed by atoms with van der Waals surface area (Å²) < 4.78 is 0. The molecule has 2 heterocycles. The predicted molar refractivity (Wildman–Crippen MR) is 75.6 cm³/mol. The predicted octanol–water partition coefficient (Wildman–Crippen LogP) is 2.38. The first-order valence-electron chi connectivity index (χ1n) is 5.69. The number of carbonyl (C=O) groups is 1. The van der Waals surface area contributed by atoms with Crippen LogP contribution in [-0.4, -0.2) is 22.3 Å². The van der Waals surface area contributed by atoms with Crippen molar-refractivity contribution in [3.05, 3.63) is 33.5 Å². The van der Waals surface area contributed by atoms with Crippen LogP contribution in [0.15, 0.2) is 22.9 Å². The van der Waals surface area contributed by atoms with E-state index in [0.29, 0.717) is 24.6 Å². The Morgan fingerprint density at radius 1 is 1.50 bits per heavy atom. The van der Waals surface area contributed by atoms with Gasteiger partial charge < -0.3 is 10.6 Å². The molecule has 96 valence electrons. The summed E-state index contributed by atoms with van der Waals surface area (Å²) >= 11 is 3.04. The Hall–Kier alpha value is -1.40. The average molecular weight is 281 g/mol. The summed E-state index contributed by atoms with van der Waals surface area (Å²) in [6.07, 6.45) is 0.326. The van der Waals surface area contributed by atoms with Crippen LogP contribution in [0, 0.1) is 0 Å². The Kier molecular flexibility index (Phi) is 4.33. The van der Waals surface area contributed by atoms with E-state index in [-0.39, 0.29) is 5.91 Å². The zero-order valence-corrected chi connectivity index (χ0v) is 11.8. The summed E-state index contributed by atoms with van der Waals surface area (Å²) in [7, 11) is 0. The maximum atomic E-state index is 12.1. The van der Waals surface area contributed by atoms with Gasteiger partial charge in [0, 0.05) is 16.8 Å². The standard InChI is InChI=1S/C12H15N3OS2/c1-2-15(7-10-4-3-5-17-10)11(16)6-9-8-18-12(13)14-9/h3-5,8H,2,6-7H2,1H3,(H2,13,14). The van der Waals surface area contributed by atoms with Crippen molar-refractivity contribution >= 4 is 33.7 Å². The number of nitrogens with zero attached hydrogens (tertiary/aromatic N) is 2. The lowest BCUT2D eigenvalue weighted by Gasteiger charge is -2.19. The maximum absolute atomic E-state index is 12.1. The summed E-state index contributed by atoms with van der Waals surface area (Å²) in [5.41, 5.74) is 6.31. The first-order chi connectivity index (χ1) is 8.69. The van der Waals surface area contributed by atoms with Crippen molar-refractivity contribution in [3.8, 4) is 0 Å². The Morgan fingerprint density at radius 3 is 2.89 bits per heavy atom. The number of carbonyl (C=O) groups excluding carboxylic acids is 1. The lowest BCUT2D eigenvalue weighted by Crippen LogP contribution is -2.31. The van der Waals surface area contributed by atoms with E-state index in [1.807, 2.05) is 34.7 Å². The quantitative estimate of drug-likeness (QED) is 0.915. The highest BCUT2D eigenvalue weighted by Gasteiger charge is 2.14. The van der Waals surface area contributed by atoms with E-state index in [1.165, 1.54) is 16.2 Å². The van der Waals surface area contributed by atoms with E-state index in [0.717, 1.165) is 5.69 Å². The number of thiophene rings is 1. The third kappa shape index (κ3) is 3.30.